The highest BCUT2D eigenvalue weighted by Crippen LogP contribution is 2.50. The third-order valence-corrected chi connectivity index (χ3v) is 5.82. The van der Waals surface area contributed by atoms with Gasteiger partial charge in [0.05, 0.1) is 23.9 Å². The van der Waals surface area contributed by atoms with Crippen LogP contribution in [0.25, 0.3) is 0 Å². The fraction of sp³-hybridized carbons (Fsp3) is 0.174. The Labute approximate surface area is 179 Å². The first-order valence-electron chi connectivity index (χ1n) is 9.35. The lowest BCUT2D eigenvalue weighted by atomic mass is 9.96. The van der Waals surface area contributed by atoms with Crippen molar-refractivity contribution in [1.82, 2.24) is 5.01 Å². The van der Waals surface area contributed by atoms with Crippen LogP contribution in [0, 0.1) is 0 Å². The van der Waals surface area contributed by atoms with Crippen LogP contribution >= 0.6 is 23.2 Å². The van der Waals surface area contributed by atoms with E-state index in [9.17, 15) is 0 Å². The number of hydrogen-bond acceptors (Lipinski definition) is 4. The largest absolute Gasteiger partial charge is 0.497 e. The van der Waals surface area contributed by atoms with Crippen LogP contribution in [0.2, 0.25) is 10.0 Å². The zero-order valence-corrected chi connectivity index (χ0v) is 17.2. The van der Waals surface area contributed by atoms with Gasteiger partial charge in [-0.05, 0) is 42.0 Å². The van der Waals surface area contributed by atoms with Crippen LogP contribution in [0.15, 0.2) is 71.8 Å². The van der Waals surface area contributed by atoms with Crippen LogP contribution in [-0.2, 0) is 0 Å². The number of methoxy groups -OCH3 is 1. The Hall–Kier alpha value is -2.69. The number of nitrogens with zero attached hydrogens (tertiary/aromatic N) is 2. The molecule has 0 fully saturated rings. The lowest BCUT2D eigenvalue weighted by Crippen LogP contribution is -2.33. The minimum absolute atomic E-state index is 0.00254. The van der Waals surface area contributed by atoms with Crippen molar-refractivity contribution in [3.63, 3.8) is 0 Å². The third kappa shape index (κ3) is 3.22. The number of rotatable bonds is 3. The van der Waals surface area contributed by atoms with Crippen LogP contribution in [0.3, 0.4) is 0 Å². The van der Waals surface area contributed by atoms with E-state index < -0.39 is 6.23 Å². The maximum atomic E-state index is 6.51. The highest BCUT2D eigenvalue weighted by Gasteiger charge is 2.42. The molecule has 0 amide bonds. The van der Waals surface area contributed by atoms with E-state index in [2.05, 4.69) is 12.1 Å². The van der Waals surface area contributed by atoms with E-state index in [0.29, 0.717) is 15.8 Å². The van der Waals surface area contributed by atoms with Crippen molar-refractivity contribution in [3.8, 4) is 11.5 Å². The molecule has 29 heavy (non-hydrogen) atoms. The molecule has 2 aliphatic heterocycles. The van der Waals surface area contributed by atoms with Gasteiger partial charge in [0.25, 0.3) is 0 Å². The number of benzene rings is 3. The minimum Gasteiger partial charge on any atom is -0.497 e. The predicted molar refractivity (Wildman–Crippen MR) is 115 cm³/mol. The van der Waals surface area contributed by atoms with Crippen molar-refractivity contribution < 1.29 is 9.47 Å². The molecule has 0 unspecified atom stereocenters. The molecule has 2 heterocycles. The zero-order chi connectivity index (χ0) is 20.0. The van der Waals surface area contributed by atoms with Gasteiger partial charge in [-0.25, -0.2) is 5.01 Å². The first-order valence-corrected chi connectivity index (χ1v) is 10.1. The zero-order valence-electron chi connectivity index (χ0n) is 15.7. The molecule has 0 aromatic heterocycles. The van der Waals surface area contributed by atoms with Crippen LogP contribution in [-0.4, -0.2) is 17.8 Å². The van der Waals surface area contributed by atoms with Gasteiger partial charge in [-0.1, -0.05) is 53.5 Å². The number of ether oxygens (including phenoxy) is 2. The van der Waals surface area contributed by atoms with Crippen molar-refractivity contribution in [3.05, 3.63) is 93.5 Å². The Morgan fingerprint density at radius 2 is 1.79 bits per heavy atom. The smallest absolute Gasteiger partial charge is 0.213 e. The molecule has 146 valence electrons. The van der Waals surface area contributed by atoms with Crippen LogP contribution < -0.4 is 9.47 Å². The summed E-state index contributed by atoms with van der Waals surface area (Å²) >= 11 is 12.8. The normalized spacial score (nSPS) is 19.8. The van der Waals surface area contributed by atoms with Gasteiger partial charge < -0.3 is 9.47 Å². The lowest BCUT2D eigenvalue weighted by Gasteiger charge is -2.38. The Bertz CT molecular complexity index is 1080. The second-order valence-electron chi connectivity index (χ2n) is 7.06. The number of halogens is 2. The highest BCUT2D eigenvalue weighted by molar-refractivity contribution is 6.35. The molecule has 0 N–H and O–H groups in total. The fourth-order valence-electron chi connectivity index (χ4n) is 3.91. The van der Waals surface area contributed by atoms with E-state index in [1.807, 2.05) is 53.5 Å². The van der Waals surface area contributed by atoms with E-state index in [0.717, 1.165) is 34.6 Å². The molecule has 6 heteroatoms. The second-order valence-corrected chi connectivity index (χ2v) is 7.91. The summed E-state index contributed by atoms with van der Waals surface area (Å²) in [6.45, 7) is 0. The Balaban J connectivity index is 1.61. The van der Waals surface area contributed by atoms with Crippen LogP contribution in [0.1, 0.15) is 35.4 Å². The highest BCUT2D eigenvalue weighted by atomic mass is 35.5. The summed E-state index contributed by atoms with van der Waals surface area (Å²) in [5, 5.41) is 8.06. The standard InChI is InChI=1S/C23H18Cl2N2O2/c1-28-17-9-7-15(8-10-17)23-27-21(13-20(26-27)14-5-3-2-4-6-14)18-11-16(24)12-19(25)22(18)29-23/h2-12,21,23H,13H2,1H3/t21-,23-/m1/s1. The van der Waals surface area contributed by atoms with Gasteiger partial charge in [0, 0.05) is 22.6 Å². The number of fused-ring (bicyclic) bond motifs is 3. The molecule has 0 aliphatic carbocycles. The maximum Gasteiger partial charge on any atom is 0.213 e. The molecule has 2 aliphatic rings. The Morgan fingerprint density at radius 3 is 2.52 bits per heavy atom. The average molecular weight is 425 g/mol. The van der Waals surface area contributed by atoms with Crippen LogP contribution in [0.4, 0.5) is 0 Å². The lowest BCUT2D eigenvalue weighted by molar-refractivity contribution is -0.0189. The van der Waals surface area contributed by atoms with Gasteiger partial charge in [-0.15, -0.1) is 0 Å². The molecule has 0 radical (unpaired) electrons. The molecule has 5 rings (SSSR count). The van der Waals surface area contributed by atoms with Gasteiger partial charge in [0.2, 0.25) is 6.23 Å². The molecule has 4 nitrogen and oxygen atoms in total. The topological polar surface area (TPSA) is 34.1 Å². The monoisotopic (exact) mass is 424 g/mol. The van der Waals surface area contributed by atoms with Crippen molar-refractivity contribution in [2.75, 3.05) is 7.11 Å². The molecular formula is C23H18Cl2N2O2. The summed E-state index contributed by atoms with van der Waals surface area (Å²) in [6, 6.07) is 21.7. The summed E-state index contributed by atoms with van der Waals surface area (Å²) < 4.78 is 11.7. The maximum absolute atomic E-state index is 6.51. The fourth-order valence-corrected chi connectivity index (χ4v) is 4.46. The molecule has 2 atom stereocenters. The third-order valence-electron chi connectivity index (χ3n) is 5.32. The number of hydrazone groups is 1. The predicted octanol–water partition coefficient (Wildman–Crippen LogP) is 6.24. The SMILES string of the molecule is COc1ccc([C@H]2Oc3c(Cl)cc(Cl)cc3[C@H]3CC(c4ccccc4)=NN32)cc1. The summed E-state index contributed by atoms with van der Waals surface area (Å²) in [4.78, 5) is 0. The van der Waals surface area contributed by atoms with Crippen molar-refractivity contribution >= 4 is 28.9 Å². The first kappa shape index (κ1) is 18.3. The Morgan fingerprint density at radius 1 is 1.03 bits per heavy atom. The average Bonchev–Trinajstić information content (AvgIpc) is 3.20. The molecule has 3 aromatic carbocycles. The molecule has 0 spiro atoms. The van der Waals surface area contributed by atoms with E-state index in [1.165, 1.54) is 0 Å². The first-order chi connectivity index (χ1) is 14.1. The molecule has 0 saturated carbocycles. The summed E-state index contributed by atoms with van der Waals surface area (Å²) in [7, 11) is 1.65. The number of hydrogen-bond donors (Lipinski definition) is 0. The van der Waals surface area contributed by atoms with E-state index in [-0.39, 0.29) is 6.04 Å². The van der Waals surface area contributed by atoms with Gasteiger partial charge in [-0.3, -0.25) is 0 Å². The van der Waals surface area contributed by atoms with E-state index >= 15 is 0 Å². The van der Waals surface area contributed by atoms with Crippen molar-refractivity contribution in [2.24, 2.45) is 5.10 Å². The molecule has 3 aromatic rings. The van der Waals surface area contributed by atoms with Gasteiger partial charge in [0.15, 0.2) is 0 Å². The summed E-state index contributed by atoms with van der Waals surface area (Å²) in [5.74, 6) is 1.46. The summed E-state index contributed by atoms with van der Waals surface area (Å²) in [6.07, 6.45) is 0.363. The van der Waals surface area contributed by atoms with Gasteiger partial charge in [0.1, 0.15) is 11.5 Å². The van der Waals surface area contributed by atoms with Gasteiger partial charge >= 0.3 is 0 Å². The quantitative estimate of drug-likeness (QED) is 0.498. The van der Waals surface area contributed by atoms with E-state index in [4.69, 9.17) is 37.8 Å². The molecule has 0 saturated heterocycles. The summed E-state index contributed by atoms with van der Waals surface area (Å²) in [5.41, 5.74) is 4.05. The molecular weight excluding hydrogens is 407 g/mol. The minimum atomic E-state index is -0.390. The Kier molecular flexibility index (Phi) is 4.61. The van der Waals surface area contributed by atoms with E-state index in [1.54, 1.807) is 13.2 Å². The van der Waals surface area contributed by atoms with Crippen LogP contribution in [0.5, 0.6) is 11.5 Å². The second kappa shape index (κ2) is 7.29. The van der Waals surface area contributed by atoms with Crippen molar-refractivity contribution in [1.29, 1.82) is 0 Å². The van der Waals surface area contributed by atoms with Crippen molar-refractivity contribution in [2.45, 2.75) is 18.7 Å². The molecule has 0 bridgehead atoms. The van der Waals surface area contributed by atoms with Gasteiger partial charge in [-0.2, -0.15) is 5.10 Å².